The van der Waals surface area contributed by atoms with Crippen molar-refractivity contribution in [3.8, 4) is 11.3 Å². The van der Waals surface area contributed by atoms with Crippen LogP contribution in [0.2, 0.25) is 0 Å². The van der Waals surface area contributed by atoms with Gasteiger partial charge in [0.05, 0.1) is 28.4 Å². The number of aromatic amines is 1. The second-order valence-electron chi connectivity index (χ2n) is 7.89. The summed E-state index contributed by atoms with van der Waals surface area (Å²) in [5.41, 5.74) is -4.58. The molecule has 2 aromatic heterocycles. The van der Waals surface area contributed by atoms with Crippen molar-refractivity contribution in [2.24, 2.45) is 0 Å². The molecule has 1 amide bonds. The minimum Gasteiger partial charge on any atom is -0.305 e. The van der Waals surface area contributed by atoms with E-state index >= 15 is 0 Å². The van der Waals surface area contributed by atoms with Crippen LogP contribution >= 0.6 is 11.8 Å². The summed E-state index contributed by atoms with van der Waals surface area (Å²) in [5, 5.41) is 3.61. The number of alkyl halides is 3. The van der Waals surface area contributed by atoms with E-state index in [-0.39, 0.29) is 33.0 Å². The number of hydrogen-bond acceptors (Lipinski definition) is 7. The highest BCUT2D eigenvalue weighted by Gasteiger charge is 2.36. The summed E-state index contributed by atoms with van der Waals surface area (Å²) in [6, 6.07) is 2.54. The van der Waals surface area contributed by atoms with Gasteiger partial charge in [0.25, 0.3) is 21.5 Å². The molecule has 0 bridgehead atoms. The SMILES string of the molecule is CSCCC(=O)N(n1c(=O)[nH]c2cc(C(F)(F)F)c(-c3ccnn3C(C)C)cc2c1=O)S(C)(=O)=O. The molecule has 2 heterocycles. The van der Waals surface area contributed by atoms with E-state index in [1.807, 2.05) is 0 Å². The van der Waals surface area contributed by atoms with Gasteiger partial charge >= 0.3 is 11.9 Å². The van der Waals surface area contributed by atoms with E-state index < -0.39 is 55.4 Å². The highest BCUT2D eigenvalue weighted by atomic mass is 32.2. The quantitative estimate of drug-likeness (QED) is 0.494. The first kappa shape index (κ1) is 26.5. The predicted molar refractivity (Wildman–Crippen MR) is 127 cm³/mol. The summed E-state index contributed by atoms with van der Waals surface area (Å²) in [6.07, 6.45) is -1.54. The van der Waals surface area contributed by atoms with Gasteiger partial charge in [-0.1, -0.05) is 0 Å². The standard InChI is InChI=1S/C20H22F3N5O5S2/c1-11(2)26-16(5-7-24-26)12-9-13-15(10-14(12)20(21,22)23)25-19(31)27(18(13)30)28(35(4,32)33)17(29)6-8-34-3/h5,7,9-11H,6,8H2,1-4H3,(H,25,31). The summed E-state index contributed by atoms with van der Waals surface area (Å²) in [4.78, 5) is 40.7. The van der Waals surface area contributed by atoms with Crippen molar-refractivity contribution in [2.45, 2.75) is 32.5 Å². The molecule has 10 nitrogen and oxygen atoms in total. The molecule has 0 fully saturated rings. The van der Waals surface area contributed by atoms with Crippen LogP contribution in [-0.4, -0.2) is 52.0 Å². The molecule has 0 spiro atoms. The van der Waals surface area contributed by atoms with Gasteiger partial charge in [-0.15, -0.1) is 9.09 Å². The number of benzene rings is 1. The normalized spacial score (nSPS) is 12.5. The third-order valence-electron chi connectivity index (χ3n) is 4.98. The number of fused-ring (bicyclic) bond motifs is 1. The zero-order valence-corrected chi connectivity index (χ0v) is 20.7. The number of sulfonamides is 1. The Morgan fingerprint density at radius 3 is 2.46 bits per heavy atom. The maximum Gasteiger partial charge on any atom is 0.417 e. The molecule has 0 aliphatic heterocycles. The van der Waals surface area contributed by atoms with Crippen LogP contribution in [-0.2, 0) is 21.0 Å². The molecule has 3 aromatic rings. The Hall–Kier alpha value is -3.07. The summed E-state index contributed by atoms with van der Waals surface area (Å²) in [5.74, 6) is -0.831. The number of amides is 1. The van der Waals surface area contributed by atoms with Crippen molar-refractivity contribution < 1.29 is 26.4 Å². The molecule has 190 valence electrons. The van der Waals surface area contributed by atoms with Gasteiger partial charge in [-0.05, 0) is 38.3 Å². The zero-order valence-electron chi connectivity index (χ0n) is 19.1. The van der Waals surface area contributed by atoms with Gasteiger partial charge in [-0.25, -0.2) is 13.2 Å². The molecule has 1 N–H and O–H groups in total. The summed E-state index contributed by atoms with van der Waals surface area (Å²) < 4.78 is 68.0. The van der Waals surface area contributed by atoms with Crippen molar-refractivity contribution in [1.29, 1.82) is 0 Å². The van der Waals surface area contributed by atoms with Crippen molar-refractivity contribution in [1.82, 2.24) is 19.4 Å². The molecule has 0 aliphatic carbocycles. The van der Waals surface area contributed by atoms with Gasteiger partial charge in [0.1, 0.15) is 0 Å². The number of nitrogens with zero attached hydrogens (tertiary/aromatic N) is 4. The van der Waals surface area contributed by atoms with E-state index in [4.69, 9.17) is 0 Å². The van der Waals surface area contributed by atoms with E-state index in [0.717, 1.165) is 6.07 Å². The largest absolute Gasteiger partial charge is 0.417 e. The highest BCUT2D eigenvalue weighted by molar-refractivity contribution is 7.98. The lowest BCUT2D eigenvalue weighted by Gasteiger charge is -2.22. The smallest absolute Gasteiger partial charge is 0.305 e. The number of halogens is 3. The van der Waals surface area contributed by atoms with E-state index in [1.165, 1.54) is 28.7 Å². The van der Waals surface area contributed by atoms with Gasteiger partial charge < -0.3 is 4.98 Å². The summed E-state index contributed by atoms with van der Waals surface area (Å²) in [6.45, 7) is 3.42. The van der Waals surface area contributed by atoms with E-state index in [1.54, 1.807) is 20.1 Å². The molecule has 0 saturated heterocycles. The maximum atomic E-state index is 14.0. The van der Waals surface area contributed by atoms with Crippen LogP contribution in [0, 0.1) is 0 Å². The third-order valence-corrected chi connectivity index (χ3v) is 6.59. The number of H-pyrrole nitrogens is 1. The van der Waals surface area contributed by atoms with Gasteiger partial charge in [-0.2, -0.15) is 30.0 Å². The van der Waals surface area contributed by atoms with Crippen LogP contribution in [0.4, 0.5) is 13.2 Å². The Labute approximate surface area is 201 Å². The Kier molecular flexibility index (Phi) is 7.22. The number of carbonyl (C=O) groups excluding carboxylic acids is 1. The van der Waals surface area contributed by atoms with Crippen molar-refractivity contribution in [3.63, 3.8) is 0 Å². The Bertz CT molecular complexity index is 1510. The summed E-state index contributed by atoms with van der Waals surface area (Å²) in [7, 11) is -4.44. The van der Waals surface area contributed by atoms with Crippen molar-refractivity contribution in [3.05, 3.63) is 50.8 Å². The van der Waals surface area contributed by atoms with Crippen LogP contribution in [0.25, 0.3) is 22.2 Å². The minimum absolute atomic E-state index is 0.0412. The molecular weight excluding hydrogens is 511 g/mol. The average Bonchev–Trinajstić information content (AvgIpc) is 3.22. The van der Waals surface area contributed by atoms with E-state index in [9.17, 15) is 36.0 Å². The Balaban J connectivity index is 2.41. The molecule has 0 atom stereocenters. The van der Waals surface area contributed by atoms with Crippen LogP contribution in [0.3, 0.4) is 0 Å². The van der Waals surface area contributed by atoms with Gasteiger partial charge in [0, 0.05) is 30.0 Å². The van der Waals surface area contributed by atoms with Crippen molar-refractivity contribution in [2.75, 3.05) is 22.7 Å². The predicted octanol–water partition coefficient (Wildman–Crippen LogP) is 2.33. The lowest BCUT2D eigenvalue weighted by molar-refractivity contribution is -0.137. The number of hydrogen-bond donors (Lipinski definition) is 1. The van der Waals surface area contributed by atoms with Gasteiger partial charge in [0.2, 0.25) is 0 Å². The second kappa shape index (κ2) is 9.53. The summed E-state index contributed by atoms with van der Waals surface area (Å²) >= 11 is 1.24. The number of aromatic nitrogens is 4. The fourth-order valence-electron chi connectivity index (χ4n) is 3.53. The van der Waals surface area contributed by atoms with E-state index in [2.05, 4.69) is 10.1 Å². The first-order chi connectivity index (χ1) is 16.2. The zero-order chi connectivity index (χ0) is 26.3. The molecule has 1 aromatic carbocycles. The number of carbonyl (C=O) groups is 1. The van der Waals surface area contributed by atoms with Gasteiger partial charge in [0.15, 0.2) is 0 Å². The fourth-order valence-corrected chi connectivity index (χ4v) is 4.82. The van der Waals surface area contributed by atoms with Gasteiger partial charge in [-0.3, -0.25) is 14.3 Å². The fraction of sp³-hybridized carbons (Fsp3) is 0.400. The monoisotopic (exact) mass is 533 g/mol. The number of rotatable bonds is 7. The topological polar surface area (TPSA) is 127 Å². The third kappa shape index (κ3) is 5.15. The lowest BCUT2D eigenvalue weighted by Crippen LogP contribution is -2.55. The molecule has 15 heteroatoms. The molecular formula is C20H22F3N5O5S2. The molecule has 0 unspecified atom stereocenters. The highest BCUT2D eigenvalue weighted by Crippen LogP contribution is 2.39. The van der Waals surface area contributed by atoms with Crippen LogP contribution in [0.15, 0.2) is 34.0 Å². The first-order valence-corrected chi connectivity index (χ1v) is 13.4. The number of thioether (sulfide) groups is 1. The molecule has 0 saturated carbocycles. The Morgan fingerprint density at radius 1 is 1.26 bits per heavy atom. The molecule has 0 aliphatic rings. The first-order valence-electron chi connectivity index (χ1n) is 10.1. The van der Waals surface area contributed by atoms with E-state index in [0.29, 0.717) is 12.3 Å². The average molecular weight is 534 g/mol. The van der Waals surface area contributed by atoms with Crippen LogP contribution < -0.4 is 15.7 Å². The Morgan fingerprint density at radius 2 is 1.91 bits per heavy atom. The number of nitrogens with one attached hydrogen (secondary N) is 1. The van der Waals surface area contributed by atoms with Crippen LogP contribution in [0.1, 0.15) is 31.9 Å². The molecule has 0 radical (unpaired) electrons. The molecule has 3 rings (SSSR count). The maximum absolute atomic E-state index is 14.0. The second-order valence-corrected chi connectivity index (χ2v) is 10.7. The van der Waals surface area contributed by atoms with Crippen molar-refractivity contribution >= 4 is 38.6 Å². The minimum atomic E-state index is -4.85. The lowest BCUT2D eigenvalue weighted by atomic mass is 10.0. The molecule has 35 heavy (non-hydrogen) atoms. The van der Waals surface area contributed by atoms with Crippen LogP contribution in [0.5, 0.6) is 0 Å².